The topological polar surface area (TPSA) is 53.4 Å². The molecule has 2 rings (SSSR count). The average molecular weight is 304 g/mol. The van der Waals surface area contributed by atoms with E-state index in [0.717, 1.165) is 22.8 Å². The Morgan fingerprint density at radius 1 is 1.33 bits per heavy atom. The second-order valence-corrected chi connectivity index (χ2v) is 6.51. The number of aromatic carboxylic acids is 1. The first kappa shape index (κ1) is 15.7. The lowest BCUT2D eigenvalue weighted by Crippen LogP contribution is -2.21. The highest BCUT2D eigenvalue weighted by molar-refractivity contribution is 7.11. The molecular formula is C16H20N2O2S. The summed E-state index contributed by atoms with van der Waals surface area (Å²) in [5, 5.41) is 10.0. The fourth-order valence-corrected chi connectivity index (χ4v) is 3.36. The Labute approximate surface area is 129 Å². The molecule has 2 aromatic rings. The standard InChI is InChI=1S/C16H20N2O2S/c1-10-15(21-12(3)17-10)11(2)18(4)9-13-5-7-14(8-6-13)16(19)20/h5-8,11H,9H2,1-4H3,(H,19,20). The third-order valence-electron chi connectivity index (χ3n) is 3.61. The van der Waals surface area contributed by atoms with Gasteiger partial charge >= 0.3 is 5.97 Å². The first-order chi connectivity index (χ1) is 9.88. The van der Waals surface area contributed by atoms with E-state index in [1.807, 2.05) is 26.0 Å². The van der Waals surface area contributed by atoms with Crippen LogP contribution in [-0.4, -0.2) is 28.0 Å². The quantitative estimate of drug-likeness (QED) is 0.916. The summed E-state index contributed by atoms with van der Waals surface area (Å²) >= 11 is 1.74. The van der Waals surface area contributed by atoms with Gasteiger partial charge in [-0.2, -0.15) is 0 Å². The van der Waals surface area contributed by atoms with Crippen LogP contribution < -0.4 is 0 Å². The molecule has 5 heteroatoms. The molecule has 1 N–H and O–H groups in total. The summed E-state index contributed by atoms with van der Waals surface area (Å²) in [6, 6.07) is 7.33. The molecule has 0 saturated carbocycles. The van der Waals surface area contributed by atoms with Crippen molar-refractivity contribution in [1.29, 1.82) is 0 Å². The zero-order valence-electron chi connectivity index (χ0n) is 12.8. The van der Waals surface area contributed by atoms with Crippen molar-refractivity contribution in [1.82, 2.24) is 9.88 Å². The SMILES string of the molecule is Cc1nc(C)c(C(C)N(C)Cc2ccc(C(=O)O)cc2)s1. The first-order valence-corrected chi connectivity index (χ1v) is 7.66. The monoisotopic (exact) mass is 304 g/mol. The molecule has 0 saturated heterocycles. The predicted octanol–water partition coefficient (Wildman–Crippen LogP) is 3.65. The van der Waals surface area contributed by atoms with Crippen LogP contribution in [-0.2, 0) is 6.54 Å². The van der Waals surface area contributed by atoms with Crippen molar-refractivity contribution in [2.45, 2.75) is 33.4 Å². The summed E-state index contributed by atoms with van der Waals surface area (Å²) in [6.45, 7) is 7.02. The van der Waals surface area contributed by atoms with Gasteiger partial charge in [0.15, 0.2) is 0 Å². The number of nitrogens with zero attached hydrogens (tertiary/aromatic N) is 2. The van der Waals surface area contributed by atoms with Crippen molar-refractivity contribution in [3.8, 4) is 0 Å². The summed E-state index contributed by atoms with van der Waals surface area (Å²) in [5.41, 5.74) is 2.52. The van der Waals surface area contributed by atoms with Gasteiger partial charge in [-0.3, -0.25) is 4.90 Å². The van der Waals surface area contributed by atoms with Crippen LogP contribution >= 0.6 is 11.3 Å². The number of benzene rings is 1. The van der Waals surface area contributed by atoms with Crippen LogP contribution in [0.5, 0.6) is 0 Å². The Morgan fingerprint density at radius 2 is 1.95 bits per heavy atom. The maximum Gasteiger partial charge on any atom is 0.335 e. The molecule has 1 heterocycles. The highest BCUT2D eigenvalue weighted by Crippen LogP contribution is 2.29. The van der Waals surface area contributed by atoms with Gasteiger partial charge in [0.05, 0.1) is 16.3 Å². The van der Waals surface area contributed by atoms with E-state index in [2.05, 4.69) is 23.9 Å². The van der Waals surface area contributed by atoms with Crippen LogP contribution in [0.3, 0.4) is 0 Å². The van der Waals surface area contributed by atoms with Gasteiger partial charge in [0.1, 0.15) is 0 Å². The van der Waals surface area contributed by atoms with Crippen LogP contribution in [0, 0.1) is 13.8 Å². The largest absolute Gasteiger partial charge is 0.478 e. The van der Waals surface area contributed by atoms with Crippen molar-refractivity contribution in [2.24, 2.45) is 0 Å². The van der Waals surface area contributed by atoms with Crippen molar-refractivity contribution in [3.63, 3.8) is 0 Å². The molecule has 112 valence electrons. The molecular weight excluding hydrogens is 284 g/mol. The lowest BCUT2D eigenvalue weighted by Gasteiger charge is -2.24. The van der Waals surface area contributed by atoms with Gasteiger partial charge in [0.25, 0.3) is 0 Å². The summed E-state index contributed by atoms with van der Waals surface area (Å²) in [4.78, 5) is 18.9. The lowest BCUT2D eigenvalue weighted by atomic mass is 10.1. The fraction of sp³-hybridized carbons (Fsp3) is 0.375. The molecule has 1 atom stereocenters. The van der Waals surface area contributed by atoms with Crippen molar-refractivity contribution < 1.29 is 9.90 Å². The highest BCUT2D eigenvalue weighted by Gasteiger charge is 2.17. The molecule has 1 aromatic carbocycles. The third-order valence-corrected chi connectivity index (χ3v) is 4.86. The fourth-order valence-electron chi connectivity index (χ4n) is 2.31. The average Bonchev–Trinajstić information content (AvgIpc) is 2.77. The molecule has 1 unspecified atom stereocenters. The van der Waals surface area contributed by atoms with Crippen LogP contribution in [0.1, 0.15) is 44.5 Å². The van der Waals surface area contributed by atoms with E-state index in [0.29, 0.717) is 5.56 Å². The highest BCUT2D eigenvalue weighted by atomic mass is 32.1. The van der Waals surface area contributed by atoms with Crippen LogP contribution in [0.15, 0.2) is 24.3 Å². The van der Waals surface area contributed by atoms with Crippen molar-refractivity contribution >= 4 is 17.3 Å². The zero-order valence-corrected chi connectivity index (χ0v) is 13.6. The van der Waals surface area contributed by atoms with Gasteiger partial charge in [-0.1, -0.05) is 12.1 Å². The van der Waals surface area contributed by atoms with Gasteiger partial charge in [-0.05, 0) is 45.5 Å². The first-order valence-electron chi connectivity index (χ1n) is 6.85. The number of carboxylic acids is 1. The normalized spacial score (nSPS) is 12.6. The number of aryl methyl sites for hydroxylation is 2. The molecule has 0 aliphatic carbocycles. The summed E-state index contributed by atoms with van der Waals surface area (Å²) < 4.78 is 0. The van der Waals surface area contributed by atoms with Crippen molar-refractivity contribution in [2.75, 3.05) is 7.05 Å². The van der Waals surface area contributed by atoms with Crippen molar-refractivity contribution in [3.05, 3.63) is 51.0 Å². The van der Waals surface area contributed by atoms with E-state index < -0.39 is 5.97 Å². The Balaban J connectivity index is 2.08. The van der Waals surface area contributed by atoms with Gasteiger partial charge in [0, 0.05) is 17.5 Å². The predicted molar refractivity (Wildman–Crippen MR) is 84.9 cm³/mol. The Morgan fingerprint density at radius 3 is 2.43 bits per heavy atom. The number of rotatable bonds is 5. The molecule has 0 spiro atoms. The summed E-state index contributed by atoms with van der Waals surface area (Å²) in [7, 11) is 2.07. The number of hydrogen-bond donors (Lipinski definition) is 1. The number of carboxylic acid groups (broad SMARTS) is 1. The number of thiazole rings is 1. The number of hydrogen-bond acceptors (Lipinski definition) is 4. The minimum Gasteiger partial charge on any atom is -0.478 e. The van der Waals surface area contributed by atoms with Gasteiger partial charge in [0.2, 0.25) is 0 Å². The third kappa shape index (κ3) is 3.68. The van der Waals surface area contributed by atoms with Gasteiger partial charge in [-0.15, -0.1) is 11.3 Å². The van der Waals surface area contributed by atoms with Crippen LogP contribution in [0.25, 0.3) is 0 Å². The van der Waals surface area contributed by atoms with E-state index in [4.69, 9.17) is 5.11 Å². The zero-order chi connectivity index (χ0) is 15.6. The molecule has 0 amide bonds. The Kier molecular flexibility index (Phi) is 4.75. The molecule has 0 aliphatic rings. The molecule has 4 nitrogen and oxygen atoms in total. The molecule has 0 bridgehead atoms. The smallest absolute Gasteiger partial charge is 0.335 e. The molecule has 21 heavy (non-hydrogen) atoms. The number of carbonyl (C=O) groups is 1. The molecule has 1 aromatic heterocycles. The molecule has 0 radical (unpaired) electrons. The van der Waals surface area contributed by atoms with E-state index >= 15 is 0 Å². The Bertz CT molecular complexity index is 634. The second kappa shape index (κ2) is 6.37. The van der Waals surface area contributed by atoms with E-state index in [1.165, 1.54) is 4.88 Å². The van der Waals surface area contributed by atoms with Crippen LogP contribution in [0.4, 0.5) is 0 Å². The minimum absolute atomic E-state index is 0.287. The molecule has 0 fully saturated rings. The van der Waals surface area contributed by atoms with Crippen LogP contribution in [0.2, 0.25) is 0 Å². The van der Waals surface area contributed by atoms with E-state index in [1.54, 1.807) is 23.5 Å². The summed E-state index contributed by atoms with van der Waals surface area (Å²) in [6.07, 6.45) is 0. The molecule has 0 aliphatic heterocycles. The maximum absolute atomic E-state index is 10.9. The van der Waals surface area contributed by atoms with E-state index in [-0.39, 0.29) is 6.04 Å². The summed E-state index contributed by atoms with van der Waals surface area (Å²) in [5.74, 6) is -0.890. The number of aromatic nitrogens is 1. The van der Waals surface area contributed by atoms with E-state index in [9.17, 15) is 4.79 Å². The second-order valence-electron chi connectivity index (χ2n) is 5.28. The van der Waals surface area contributed by atoms with Gasteiger partial charge in [-0.25, -0.2) is 9.78 Å². The maximum atomic E-state index is 10.9. The Hall–Kier alpha value is -1.72. The lowest BCUT2D eigenvalue weighted by molar-refractivity contribution is 0.0697. The van der Waals surface area contributed by atoms with Gasteiger partial charge < -0.3 is 5.11 Å². The minimum atomic E-state index is -0.890.